The maximum atomic E-state index is 12.1. The van der Waals surface area contributed by atoms with Gasteiger partial charge in [0.2, 0.25) is 0 Å². The van der Waals surface area contributed by atoms with E-state index in [1.54, 1.807) is 0 Å². The second-order valence-electron chi connectivity index (χ2n) is 9.35. The van der Waals surface area contributed by atoms with Crippen molar-refractivity contribution < 1.29 is 9.53 Å². The van der Waals surface area contributed by atoms with Crippen LogP contribution in [0.3, 0.4) is 0 Å². The topological polar surface area (TPSA) is 29.5 Å². The Hall–Kier alpha value is -0.990. The van der Waals surface area contributed by atoms with Crippen molar-refractivity contribution >= 4 is 5.97 Å². The van der Waals surface area contributed by atoms with Gasteiger partial charge in [0.25, 0.3) is 0 Å². The molecule has 0 aromatic heterocycles. The van der Waals surface area contributed by atoms with Crippen LogP contribution in [0.5, 0.6) is 0 Å². The highest BCUT2D eigenvalue weighted by Gasteiger charge is 2.55. The van der Waals surface area contributed by atoms with E-state index in [-0.39, 0.29) is 11.6 Å². The minimum Gasteiger partial charge on any atom is -0.449 e. The molecule has 2 saturated carbocycles. The normalized spacial score (nSPS) is 39.0. The zero-order valence-electron chi connectivity index (χ0n) is 14.3. The number of carbonyl (C=O) groups is 1. The third kappa shape index (κ3) is 2.19. The van der Waals surface area contributed by atoms with Crippen molar-refractivity contribution in [2.24, 2.45) is 10.8 Å². The molecule has 2 aliphatic carbocycles. The first-order chi connectivity index (χ1) is 10.3. The van der Waals surface area contributed by atoms with Crippen LogP contribution in [0.15, 0.2) is 11.8 Å². The van der Waals surface area contributed by atoms with E-state index >= 15 is 0 Å². The number of nitrogens with zero attached hydrogens (tertiary/aromatic N) is 1. The number of ether oxygens (including phenoxy) is 1. The highest BCUT2D eigenvalue weighted by atomic mass is 16.6. The Morgan fingerprint density at radius 2 is 1.86 bits per heavy atom. The summed E-state index contributed by atoms with van der Waals surface area (Å²) in [6.07, 6.45) is 11.3. The van der Waals surface area contributed by atoms with E-state index in [4.69, 9.17) is 4.74 Å². The van der Waals surface area contributed by atoms with Crippen molar-refractivity contribution in [1.29, 1.82) is 0 Å². The second kappa shape index (κ2) is 4.52. The molecule has 22 heavy (non-hydrogen) atoms. The Kier molecular flexibility index (Phi) is 3.00. The summed E-state index contributed by atoms with van der Waals surface area (Å²) in [6.45, 7) is 8.35. The van der Waals surface area contributed by atoms with Crippen LogP contribution in [0.2, 0.25) is 0 Å². The highest BCUT2D eigenvalue weighted by Crippen LogP contribution is 2.56. The zero-order valence-corrected chi connectivity index (χ0v) is 14.3. The van der Waals surface area contributed by atoms with Crippen molar-refractivity contribution in [3.63, 3.8) is 0 Å². The lowest BCUT2D eigenvalue weighted by Crippen LogP contribution is -2.44. The first-order valence-electron chi connectivity index (χ1n) is 9.03. The molecule has 3 nitrogen and oxygen atoms in total. The molecule has 0 aromatic carbocycles. The molecule has 4 aliphatic rings. The van der Waals surface area contributed by atoms with Gasteiger partial charge in [-0.1, -0.05) is 27.2 Å². The summed E-state index contributed by atoms with van der Waals surface area (Å²) >= 11 is 0. The van der Waals surface area contributed by atoms with Crippen molar-refractivity contribution in [3.05, 3.63) is 11.8 Å². The monoisotopic (exact) mass is 303 g/mol. The Morgan fingerprint density at radius 3 is 2.59 bits per heavy atom. The molecule has 2 unspecified atom stereocenters. The minimum absolute atomic E-state index is 0.109. The van der Waals surface area contributed by atoms with Gasteiger partial charge in [-0.3, -0.25) is 0 Å². The van der Waals surface area contributed by atoms with E-state index in [9.17, 15) is 4.79 Å². The van der Waals surface area contributed by atoms with Gasteiger partial charge in [0, 0.05) is 18.7 Å². The van der Waals surface area contributed by atoms with Crippen LogP contribution in [-0.4, -0.2) is 29.1 Å². The van der Waals surface area contributed by atoms with Crippen molar-refractivity contribution in [3.8, 4) is 0 Å². The lowest BCUT2D eigenvalue weighted by Gasteiger charge is -2.42. The van der Waals surface area contributed by atoms with E-state index in [0.717, 1.165) is 19.4 Å². The fourth-order valence-electron chi connectivity index (χ4n) is 6.08. The van der Waals surface area contributed by atoms with Gasteiger partial charge in [-0.2, -0.15) is 0 Å². The molecule has 2 aliphatic heterocycles. The Bertz CT molecular complexity index is 530. The summed E-state index contributed by atoms with van der Waals surface area (Å²) in [4.78, 5) is 14.6. The van der Waals surface area contributed by atoms with Gasteiger partial charge in [0.15, 0.2) is 5.60 Å². The van der Waals surface area contributed by atoms with Crippen molar-refractivity contribution in [2.45, 2.75) is 83.8 Å². The van der Waals surface area contributed by atoms with Crippen LogP contribution in [0.25, 0.3) is 0 Å². The third-order valence-corrected chi connectivity index (χ3v) is 6.40. The summed E-state index contributed by atoms with van der Waals surface area (Å²) in [6, 6.07) is 0.591. The van der Waals surface area contributed by atoms with Crippen LogP contribution in [-0.2, 0) is 9.53 Å². The molecule has 0 aromatic rings. The lowest BCUT2D eigenvalue weighted by atomic mass is 9.65. The van der Waals surface area contributed by atoms with E-state index in [1.165, 1.54) is 44.2 Å². The Morgan fingerprint density at radius 1 is 1.14 bits per heavy atom. The van der Waals surface area contributed by atoms with E-state index in [2.05, 4.69) is 25.7 Å². The van der Waals surface area contributed by atoms with Crippen LogP contribution in [0.1, 0.15) is 72.1 Å². The van der Waals surface area contributed by atoms with Gasteiger partial charge in [-0.15, -0.1) is 0 Å². The number of likely N-dealkylation sites (tertiary alicyclic amines) is 1. The van der Waals surface area contributed by atoms with Gasteiger partial charge in [-0.25, -0.2) is 4.79 Å². The van der Waals surface area contributed by atoms with Crippen LogP contribution < -0.4 is 0 Å². The third-order valence-electron chi connectivity index (χ3n) is 6.40. The van der Waals surface area contributed by atoms with E-state index in [0.29, 0.717) is 16.9 Å². The summed E-state index contributed by atoms with van der Waals surface area (Å²) < 4.78 is 5.88. The standard InChI is InChI=1S/C19H29NO2/c1-17(2)10-14-11-18(3,12-17)13-20(14)15-9-16(21)22-19(15)7-5-4-6-8-19/h9,14H,4-8,10-13H2,1-3H3. The maximum Gasteiger partial charge on any atom is 0.333 e. The zero-order chi connectivity index (χ0) is 15.6. The molecule has 1 spiro atoms. The molecule has 4 rings (SSSR count). The van der Waals surface area contributed by atoms with Gasteiger partial charge < -0.3 is 9.64 Å². The quantitative estimate of drug-likeness (QED) is 0.685. The second-order valence-corrected chi connectivity index (χ2v) is 9.35. The van der Waals surface area contributed by atoms with Gasteiger partial charge >= 0.3 is 5.97 Å². The van der Waals surface area contributed by atoms with E-state index in [1.807, 2.05) is 6.08 Å². The number of carbonyl (C=O) groups excluding carboxylic acids is 1. The average Bonchev–Trinajstić information content (AvgIpc) is 2.83. The van der Waals surface area contributed by atoms with Crippen LogP contribution in [0.4, 0.5) is 0 Å². The van der Waals surface area contributed by atoms with Gasteiger partial charge in [-0.05, 0) is 55.8 Å². The average molecular weight is 303 g/mol. The molecule has 2 bridgehead atoms. The summed E-state index contributed by atoms with van der Waals surface area (Å²) in [5.41, 5.74) is 1.75. The smallest absolute Gasteiger partial charge is 0.333 e. The summed E-state index contributed by atoms with van der Waals surface area (Å²) in [5.74, 6) is -0.109. The molecular weight excluding hydrogens is 274 g/mol. The molecular formula is C19H29NO2. The molecule has 2 heterocycles. The number of rotatable bonds is 1. The minimum atomic E-state index is -0.284. The molecule has 2 atom stereocenters. The van der Waals surface area contributed by atoms with Crippen molar-refractivity contribution in [1.82, 2.24) is 4.90 Å². The number of hydrogen-bond acceptors (Lipinski definition) is 3. The molecule has 122 valence electrons. The highest BCUT2D eigenvalue weighted by molar-refractivity contribution is 5.86. The first-order valence-corrected chi connectivity index (χ1v) is 9.03. The van der Waals surface area contributed by atoms with Gasteiger partial charge in [0.05, 0.1) is 5.70 Å². The lowest BCUT2D eigenvalue weighted by molar-refractivity contribution is -0.149. The molecule has 0 amide bonds. The molecule has 0 radical (unpaired) electrons. The molecule has 3 heteroatoms. The fraction of sp³-hybridized carbons (Fsp3) is 0.842. The number of hydrogen-bond donors (Lipinski definition) is 0. The largest absolute Gasteiger partial charge is 0.449 e. The Balaban J connectivity index is 1.66. The van der Waals surface area contributed by atoms with Crippen LogP contribution in [0, 0.1) is 10.8 Å². The number of esters is 1. The van der Waals surface area contributed by atoms with Crippen LogP contribution >= 0.6 is 0 Å². The van der Waals surface area contributed by atoms with E-state index < -0.39 is 0 Å². The predicted octanol–water partition coefficient (Wildman–Crippen LogP) is 4.03. The predicted molar refractivity (Wildman–Crippen MR) is 86.2 cm³/mol. The Labute approximate surface area is 134 Å². The molecule has 1 saturated heterocycles. The summed E-state index contributed by atoms with van der Waals surface area (Å²) in [7, 11) is 0. The number of fused-ring (bicyclic) bond motifs is 2. The first kappa shape index (κ1) is 14.6. The maximum absolute atomic E-state index is 12.1. The SMILES string of the molecule is CC1(C)CC2CC(C)(CN2C2=CC(=O)OC23CCCCC3)C1. The summed E-state index contributed by atoms with van der Waals surface area (Å²) in [5, 5.41) is 0. The fourth-order valence-corrected chi connectivity index (χ4v) is 6.08. The van der Waals surface area contributed by atoms with Crippen molar-refractivity contribution in [2.75, 3.05) is 6.54 Å². The molecule has 3 fully saturated rings. The van der Waals surface area contributed by atoms with Gasteiger partial charge in [0.1, 0.15) is 0 Å². The molecule has 0 N–H and O–H groups in total.